The molecule has 1 heterocycles. The van der Waals surface area contributed by atoms with Gasteiger partial charge in [0, 0.05) is 12.4 Å². The van der Waals surface area contributed by atoms with E-state index < -0.39 is 12.0 Å². The fourth-order valence-electron chi connectivity index (χ4n) is 0.713. The Labute approximate surface area is 81.5 Å². The van der Waals surface area contributed by atoms with Crippen LogP contribution in [0.1, 0.15) is 12.5 Å². The molecule has 1 aromatic heterocycles. The van der Waals surface area contributed by atoms with Crippen LogP contribution in [0, 0.1) is 0 Å². The van der Waals surface area contributed by atoms with Gasteiger partial charge in [-0.05, 0) is 24.6 Å². The first-order valence-corrected chi connectivity index (χ1v) is 4.11. The number of carbonyl (C=O) groups is 1. The number of amides is 1. The lowest BCUT2D eigenvalue weighted by Gasteiger charge is -2.00. The Morgan fingerprint density at radius 3 is 2.86 bits per heavy atom. The summed E-state index contributed by atoms with van der Waals surface area (Å²) in [6, 6.07) is 3.50. The van der Waals surface area contributed by atoms with Crippen molar-refractivity contribution in [2.75, 3.05) is 0 Å². The van der Waals surface area contributed by atoms with Gasteiger partial charge in [-0.2, -0.15) is 5.10 Å². The quantitative estimate of drug-likeness (QED) is 0.520. The molecule has 0 aliphatic carbocycles. The van der Waals surface area contributed by atoms with Crippen molar-refractivity contribution in [1.29, 1.82) is 0 Å². The van der Waals surface area contributed by atoms with Crippen molar-refractivity contribution < 1.29 is 9.90 Å². The van der Waals surface area contributed by atoms with Crippen LogP contribution in [-0.4, -0.2) is 28.3 Å². The highest BCUT2D eigenvalue weighted by Gasteiger charge is 2.05. The van der Waals surface area contributed by atoms with Crippen LogP contribution in [0.3, 0.4) is 0 Å². The van der Waals surface area contributed by atoms with E-state index in [4.69, 9.17) is 5.11 Å². The summed E-state index contributed by atoms with van der Waals surface area (Å²) in [4.78, 5) is 14.7. The van der Waals surface area contributed by atoms with E-state index in [9.17, 15) is 4.79 Å². The third-order valence-electron chi connectivity index (χ3n) is 1.47. The zero-order valence-electron chi connectivity index (χ0n) is 7.71. The molecule has 5 heteroatoms. The summed E-state index contributed by atoms with van der Waals surface area (Å²) in [6.45, 7) is 1.37. The van der Waals surface area contributed by atoms with E-state index in [1.54, 1.807) is 24.5 Å². The zero-order chi connectivity index (χ0) is 10.4. The van der Waals surface area contributed by atoms with Gasteiger partial charge >= 0.3 is 0 Å². The van der Waals surface area contributed by atoms with Crippen LogP contribution in [0.15, 0.2) is 29.6 Å². The van der Waals surface area contributed by atoms with Crippen molar-refractivity contribution in [2.45, 2.75) is 13.0 Å². The number of nitrogens with one attached hydrogen (secondary N) is 1. The van der Waals surface area contributed by atoms with Crippen molar-refractivity contribution in [3.05, 3.63) is 30.1 Å². The average Bonchev–Trinajstić information content (AvgIpc) is 2.19. The molecule has 1 amide bonds. The summed E-state index contributed by atoms with van der Waals surface area (Å²) in [6.07, 6.45) is 3.67. The zero-order valence-corrected chi connectivity index (χ0v) is 7.71. The van der Waals surface area contributed by atoms with Gasteiger partial charge in [-0.1, -0.05) is 0 Å². The summed E-state index contributed by atoms with van der Waals surface area (Å²) >= 11 is 0. The highest BCUT2D eigenvalue weighted by Crippen LogP contribution is 1.90. The number of aromatic nitrogens is 1. The Kier molecular flexibility index (Phi) is 3.75. The highest BCUT2D eigenvalue weighted by atomic mass is 16.3. The number of aliphatic hydroxyl groups is 1. The van der Waals surface area contributed by atoms with Crippen LogP contribution in [-0.2, 0) is 4.79 Å². The minimum atomic E-state index is -1.05. The standard InChI is InChI=1S/C9H11N3O2/c1-7(13)9(14)12-11-6-8-2-4-10-5-3-8/h2-7,13H,1H3,(H,12,14)/b11-6-/t7-/m0/s1. The topological polar surface area (TPSA) is 74.6 Å². The second kappa shape index (κ2) is 5.08. The maximum absolute atomic E-state index is 10.8. The molecule has 0 bridgehead atoms. The minimum absolute atomic E-state index is 0.532. The molecule has 2 N–H and O–H groups in total. The Hall–Kier alpha value is -1.75. The van der Waals surface area contributed by atoms with Gasteiger partial charge in [-0.25, -0.2) is 5.43 Å². The van der Waals surface area contributed by atoms with Crippen molar-refractivity contribution in [2.24, 2.45) is 5.10 Å². The van der Waals surface area contributed by atoms with Gasteiger partial charge in [-0.15, -0.1) is 0 Å². The summed E-state index contributed by atoms with van der Waals surface area (Å²) in [5, 5.41) is 12.5. The molecule has 0 saturated heterocycles. The summed E-state index contributed by atoms with van der Waals surface area (Å²) in [5.74, 6) is -0.532. The third-order valence-corrected chi connectivity index (χ3v) is 1.47. The van der Waals surface area contributed by atoms with Crippen molar-refractivity contribution >= 4 is 12.1 Å². The Morgan fingerprint density at radius 2 is 2.29 bits per heavy atom. The van der Waals surface area contributed by atoms with E-state index in [1.165, 1.54) is 13.1 Å². The molecule has 0 unspecified atom stereocenters. The number of aliphatic hydroxyl groups excluding tert-OH is 1. The largest absolute Gasteiger partial charge is 0.383 e. The van der Waals surface area contributed by atoms with Crippen LogP contribution < -0.4 is 5.43 Å². The van der Waals surface area contributed by atoms with Gasteiger partial charge in [0.1, 0.15) is 6.10 Å². The Morgan fingerprint density at radius 1 is 1.64 bits per heavy atom. The molecule has 0 fully saturated rings. The molecule has 0 aliphatic heterocycles. The van der Waals surface area contributed by atoms with Gasteiger partial charge < -0.3 is 5.11 Å². The van der Waals surface area contributed by atoms with E-state index in [2.05, 4.69) is 15.5 Å². The molecule has 1 atom stereocenters. The SMILES string of the molecule is C[C@H](O)C(=O)N/N=C\c1ccncc1. The van der Waals surface area contributed by atoms with Crippen molar-refractivity contribution in [3.8, 4) is 0 Å². The molecular formula is C9H11N3O2. The van der Waals surface area contributed by atoms with Gasteiger partial charge in [-0.3, -0.25) is 9.78 Å². The first kappa shape index (κ1) is 10.3. The molecule has 1 rings (SSSR count). The highest BCUT2D eigenvalue weighted by molar-refractivity contribution is 5.83. The normalized spacial score (nSPS) is 12.7. The van der Waals surface area contributed by atoms with E-state index in [-0.39, 0.29) is 0 Å². The summed E-state index contributed by atoms with van der Waals surface area (Å²) in [5.41, 5.74) is 3.02. The maximum Gasteiger partial charge on any atom is 0.268 e. The fraction of sp³-hybridized carbons (Fsp3) is 0.222. The van der Waals surface area contributed by atoms with E-state index in [1.807, 2.05) is 0 Å². The number of nitrogens with zero attached hydrogens (tertiary/aromatic N) is 2. The van der Waals surface area contributed by atoms with Crippen LogP contribution in [0.5, 0.6) is 0 Å². The second-order valence-electron chi connectivity index (χ2n) is 2.69. The summed E-state index contributed by atoms with van der Waals surface area (Å²) < 4.78 is 0. The number of hydrogen-bond donors (Lipinski definition) is 2. The van der Waals surface area contributed by atoms with Crippen LogP contribution in [0.25, 0.3) is 0 Å². The fourth-order valence-corrected chi connectivity index (χ4v) is 0.713. The molecule has 0 aliphatic rings. The number of rotatable bonds is 3. The van der Waals surface area contributed by atoms with E-state index in [0.717, 1.165) is 5.56 Å². The Bertz CT molecular complexity index is 322. The van der Waals surface area contributed by atoms with Crippen molar-refractivity contribution in [3.63, 3.8) is 0 Å². The van der Waals surface area contributed by atoms with Crippen LogP contribution >= 0.6 is 0 Å². The maximum atomic E-state index is 10.8. The van der Waals surface area contributed by atoms with Crippen molar-refractivity contribution in [1.82, 2.24) is 10.4 Å². The van der Waals surface area contributed by atoms with E-state index >= 15 is 0 Å². The number of pyridine rings is 1. The molecule has 1 aromatic rings. The lowest BCUT2D eigenvalue weighted by Crippen LogP contribution is -2.28. The van der Waals surface area contributed by atoms with Gasteiger partial charge in [0.2, 0.25) is 0 Å². The smallest absolute Gasteiger partial charge is 0.268 e. The van der Waals surface area contributed by atoms with E-state index in [0.29, 0.717) is 0 Å². The number of carbonyl (C=O) groups excluding carboxylic acids is 1. The van der Waals surface area contributed by atoms with Gasteiger partial charge in [0.25, 0.3) is 5.91 Å². The number of hydrazone groups is 1. The molecule has 5 nitrogen and oxygen atoms in total. The van der Waals surface area contributed by atoms with Crippen LogP contribution in [0.4, 0.5) is 0 Å². The molecule has 0 radical (unpaired) electrons. The molecule has 0 saturated carbocycles. The first-order chi connectivity index (χ1) is 6.70. The van der Waals surface area contributed by atoms with Gasteiger partial charge in [0.05, 0.1) is 6.21 Å². The van der Waals surface area contributed by atoms with Crippen LogP contribution in [0.2, 0.25) is 0 Å². The second-order valence-corrected chi connectivity index (χ2v) is 2.69. The average molecular weight is 193 g/mol. The van der Waals surface area contributed by atoms with Gasteiger partial charge in [0.15, 0.2) is 0 Å². The Balaban J connectivity index is 2.46. The first-order valence-electron chi connectivity index (χ1n) is 4.11. The monoisotopic (exact) mass is 193 g/mol. The predicted molar refractivity (Wildman–Crippen MR) is 51.7 cm³/mol. The lowest BCUT2D eigenvalue weighted by atomic mass is 10.3. The molecule has 74 valence electrons. The molecule has 0 spiro atoms. The molecule has 0 aromatic carbocycles. The summed E-state index contributed by atoms with van der Waals surface area (Å²) in [7, 11) is 0. The molecule has 14 heavy (non-hydrogen) atoms. The molecular weight excluding hydrogens is 182 g/mol. The minimum Gasteiger partial charge on any atom is -0.383 e. The lowest BCUT2D eigenvalue weighted by molar-refractivity contribution is -0.128. The number of hydrogen-bond acceptors (Lipinski definition) is 4. The predicted octanol–water partition coefficient (Wildman–Crippen LogP) is -0.0875. The third kappa shape index (κ3) is 3.32.